The van der Waals surface area contributed by atoms with E-state index in [1.165, 1.54) is 5.56 Å². The van der Waals surface area contributed by atoms with Gasteiger partial charge in [-0.1, -0.05) is 24.2 Å². The van der Waals surface area contributed by atoms with Gasteiger partial charge in [0.1, 0.15) is 5.75 Å². The fourth-order valence-corrected chi connectivity index (χ4v) is 1.37. The lowest BCUT2D eigenvalue weighted by molar-refractivity contribution is 0.242. The van der Waals surface area contributed by atoms with Gasteiger partial charge in [-0.05, 0) is 31.0 Å². The van der Waals surface area contributed by atoms with Crippen LogP contribution in [-0.2, 0) is 13.0 Å². The second-order valence-electron chi connectivity index (χ2n) is 3.52. The van der Waals surface area contributed by atoms with Gasteiger partial charge in [0.25, 0.3) is 5.89 Å². The summed E-state index contributed by atoms with van der Waals surface area (Å²) in [7, 11) is 0. The number of benzene rings is 1. The summed E-state index contributed by atoms with van der Waals surface area (Å²) in [5, 5.41) is 3.69. The monoisotopic (exact) mass is 218 g/mol. The van der Waals surface area contributed by atoms with E-state index in [-0.39, 0.29) is 0 Å². The number of hydrogen-bond donors (Lipinski definition) is 0. The van der Waals surface area contributed by atoms with Crippen molar-refractivity contribution in [1.82, 2.24) is 10.1 Å². The number of rotatable bonds is 4. The van der Waals surface area contributed by atoms with Crippen molar-refractivity contribution in [3.05, 3.63) is 41.5 Å². The Labute approximate surface area is 94.2 Å². The summed E-state index contributed by atoms with van der Waals surface area (Å²) in [5.74, 6) is 1.94. The summed E-state index contributed by atoms with van der Waals surface area (Å²) >= 11 is 0. The number of nitrogens with zero attached hydrogens (tertiary/aromatic N) is 2. The molecule has 1 aromatic carbocycles. The predicted octanol–water partition coefficient (Wildman–Crippen LogP) is 2.52. The molecule has 0 atom stereocenters. The third-order valence-corrected chi connectivity index (χ3v) is 2.26. The molecule has 84 valence electrons. The normalized spacial score (nSPS) is 10.4. The molecule has 0 bridgehead atoms. The zero-order valence-corrected chi connectivity index (χ0v) is 9.43. The predicted molar refractivity (Wildman–Crippen MR) is 59.2 cm³/mol. The molecule has 0 amide bonds. The SMILES string of the molecule is CCc1ccc(OCc2nc(C)no2)cc1. The minimum absolute atomic E-state index is 0.312. The molecule has 0 saturated carbocycles. The van der Waals surface area contributed by atoms with E-state index in [1.807, 2.05) is 24.3 Å². The Morgan fingerprint density at radius 2 is 2.00 bits per heavy atom. The van der Waals surface area contributed by atoms with Crippen molar-refractivity contribution in [2.75, 3.05) is 0 Å². The molecule has 0 aliphatic rings. The van der Waals surface area contributed by atoms with Crippen LogP contribution in [0.25, 0.3) is 0 Å². The minimum Gasteiger partial charge on any atom is -0.484 e. The highest BCUT2D eigenvalue weighted by Crippen LogP contribution is 2.13. The van der Waals surface area contributed by atoms with Crippen LogP contribution in [-0.4, -0.2) is 10.1 Å². The van der Waals surface area contributed by atoms with Crippen molar-refractivity contribution in [3.63, 3.8) is 0 Å². The molecular weight excluding hydrogens is 204 g/mol. The molecule has 1 heterocycles. The van der Waals surface area contributed by atoms with Crippen molar-refractivity contribution in [3.8, 4) is 5.75 Å². The lowest BCUT2D eigenvalue weighted by Crippen LogP contribution is -1.95. The van der Waals surface area contributed by atoms with Crippen molar-refractivity contribution < 1.29 is 9.26 Å². The van der Waals surface area contributed by atoms with Crippen LogP contribution in [0.1, 0.15) is 24.2 Å². The number of aromatic nitrogens is 2. The number of aryl methyl sites for hydroxylation is 2. The summed E-state index contributed by atoms with van der Waals surface area (Å²) in [5.41, 5.74) is 1.29. The Kier molecular flexibility index (Phi) is 3.19. The minimum atomic E-state index is 0.312. The number of ether oxygens (including phenoxy) is 1. The maximum atomic E-state index is 5.51. The van der Waals surface area contributed by atoms with E-state index in [4.69, 9.17) is 9.26 Å². The summed E-state index contributed by atoms with van der Waals surface area (Å²) in [4.78, 5) is 4.06. The van der Waals surface area contributed by atoms with Gasteiger partial charge >= 0.3 is 0 Å². The molecule has 0 N–H and O–H groups in total. The summed E-state index contributed by atoms with van der Waals surface area (Å²) in [6.07, 6.45) is 1.03. The summed E-state index contributed by atoms with van der Waals surface area (Å²) in [6, 6.07) is 7.99. The van der Waals surface area contributed by atoms with Gasteiger partial charge in [0.15, 0.2) is 12.4 Å². The second kappa shape index (κ2) is 4.79. The molecule has 0 radical (unpaired) electrons. The molecule has 2 rings (SSSR count). The quantitative estimate of drug-likeness (QED) is 0.791. The first kappa shape index (κ1) is 10.7. The topological polar surface area (TPSA) is 48.2 Å². The van der Waals surface area contributed by atoms with Crippen LogP contribution in [0, 0.1) is 6.92 Å². The van der Waals surface area contributed by atoms with Gasteiger partial charge in [-0.2, -0.15) is 4.98 Å². The first-order valence-electron chi connectivity index (χ1n) is 5.29. The van der Waals surface area contributed by atoms with Crippen molar-refractivity contribution >= 4 is 0 Å². The third-order valence-electron chi connectivity index (χ3n) is 2.26. The highest BCUT2D eigenvalue weighted by Gasteiger charge is 2.03. The van der Waals surface area contributed by atoms with E-state index in [0.717, 1.165) is 12.2 Å². The van der Waals surface area contributed by atoms with Gasteiger partial charge < -0.3 is 9.26 Å². The second-order valence-corrected chi connectivity index (χ2v) is 3.52. The number of hydrogen-bond acceptors (Lipinski definition) is 4. The molecule has 4 heteroatoms. The maximum absolute atomic E-state index is 5.51. The molecular formula is C12H14N2O2. The summed E-state index contributed by atoms with van der Waals surface area (Å²) < 4.78 is 10.5. The highest BCUT2D eigenvalue weighted by atomic mass is 16.5. The van der Waals surface area contributed by atoms with Crippen LogP contribution in [0.4, 0.5) is 0 Å². The maximum Gasteiger partial charge on any atom is 0.264 e. The van der Waals surface area contributed by atoms with Crippen LogP contribution >= 0.6 is 0 Å². The first-order chi connectivity index (χ1) is 7.78. The molecule has 0 unspecified atom stereocenters. The third kappa shape index (κ3) is 2.59. The van der Waals surface area contributed by atoms with Gasteiger partial charge in [0, 0.05) is 0 Å². The van der Waals surface area contributed by atoms with E-state index in [9.17, 15) is 0 Å². The molecule has 0 spiro atoms. The van der Waals surface area contributed by atoms with Gasteiger partial charge in [-0.15, -0.1) is 0 Å². The standard InChI is InChI=1S/C12H14N2O2/c1-3-10-4-6-11(7-5-10)15-8-12-13-9(2)14-16-12/h4-7H,3,8H2,1-2H3. The smallest absolute Gasteiger partial charge is 0.264 e. The van der Waals surface area contributed by atoms with Crippen molar-refractivity contribution in [2.24, 2.45) is 0 Å². The van der Waals surface area contributed by atoms with Crippen LogP contribution < -0.4 is 4.74 Å². The van der Waals surface area contributed by atoms with Crippen LogP contribution in [0.15, 0.2) is 28.8 Å². The molecule has 0 aliphatic carbocycles. The lowest BCUT2D eigenvalue weighted by atomic mass is 10.2. The Bertz CT molecular complexity index is 448. The van der Waals surface area contributed by atoms with Gasteiger partial charge in [-0.25, -0.2) is 0 Å². The summed E-state index contributed by atoms with van der Waals surface area (Å²) in [6.45, 7) is 4.21. The molecule has 16 heavy (non-hydrogen) atoms. The average Bonchev–Trinajstić information content (AvgIpc) is 2.73. The van der Waals surface area contributed by atoms with E-state index in [2.05, 4.69) is 17.1 Å². The van der Waals surface area contributed by atoms with Gasteiger partial charge in [0.05, 0.1) is 0 Å². The Hall–Kier alpha value is -1.84. The molecule has 2 aromatic rings. The Balaban J connectivity index is 1.94. The van der Waals surface area contributed by atoms with Gasteiger partial charge in [0.2, 0.25) is 0 Å². The lowest BCUT2D eigenvalue weighted by Gasteiger charge is -2.03. The molecule has 0 fully saturated rings. The molecule has 1 aromatic heterocycles. The van der Waals surface area contributed by atoms with E-state index in [1.54, 1.807) is 6.92 Å². The van der Waals surface area contributed by atoms with Crippen LogP contribution in [0.3, 0.4) is 0 Å². The fraction of sp³-hybridized carbons (Fsp3) is 0.333. The zero-order valence-electron chi connectivity index (χ0n) is 9.43. The fourth-order valence-electron chi connectivity index (χ4n) is 1.37. The molecule has 0 saturated heterocycles. The highest BCUT2D eigenvalue weighted by molar-refractivity contribution is 5.27. The van der Waals surface area contributed by atoms with E-state index in [0.29, 0.717) is 18.3 Å². The Morgan fingerprint density at radius 3 is 2.56 bits per heavy atom. The zero-order chi connectivity index (χ0) is 11.4. The van der Waals surface area contributed by atoms with Crippen LogP contribution in [0.5, 0.6) is 5.75 Å². The van der Waals surface area contributed by atoms with Crippen molar-refractivity contribution in [2.45, 2.75) is 26.9 Å². The molecule has 0 aliphatic heterocycles. The largest absolute Gasteiger partial charge is 0.484 e. The van der Waals surface area contributed by atoms with Gasteiger partial charge in [-0.3, -0.25) is 0 Å². The molecule has 4 nitrogen and oxygen atoms in total. The van der Waals surface area contributed by atoms with E-state index < -0.39 is 0 Å². The van der Waals surface area contributed by atoms with Crippen LogP contribution in [0.2, 0.25) is 0 Å². The Morgan fingerprint density at radius 1 is 1.25 bits per heavy atom. The average molecular weight is 218 g/mol. The first-order valence-corrected chi connectivity index (χ1v) is 5.29. The van der Waals surface area contributed by atoms with Crippen molar-refractivity contribution in [1.29, 1.82) is 0 Å². The van der Waals surface area contributed by atoms with E-state index >= 15 is 0 Å².